The predicted molar refractivity (Wildman–Crippen MR) is 156 cm³/mol. The number of fused-ring (bicyclic) bond motifs is 1. The zero-order valence-corrected chi connectivity index (χ0v) is 23.0. The van der Waals surface area contributed by atoms with Gasteiger partial charge < -0.3 is 20.1 Å². The Balaban J connectivity index is 1.55. The number of urea groups is 1. The highest BCUT2D eigenvalue weighted by Gasteiger charge is 2.13. The summed E-state index contributed by atoms with van der Waals surface area (Å²) in [7, 11) is 1.65. The van der Waals surface area contributed by atoms with Gasteiger partial charge in [0, 0.05) is 18.7 Å². The Morgan fingerprint density at radius 1 is 0.975 bits per heavy atom. The average molecular weight is 543 g/mol. The molecule has 4 rings (SSSR count). The molecular formula is C31H34N4O5. The molecule has 1 heterocycles. The molecule has 0 aliphatic carbocycles. The third kappa shape index (κ3) is 7.05. The molecule has 0 spiro atoms. The zero-order chi connectivity index (χ0) is 28.5. The predicted octanol–water partition coefficient (Wildman–Crippen LogP) is 5.15. The molecule has 0 atom stereocenters. The molecule has 9 heteroatoms. The number of hydrogen-bond acceptors (Lipinski definition) is 6. The van der Waals surface area contributed by atoms with E-state index in [0.717, 1.165) is 28.9 Å². The van der Waals surface area contributed by atoms with Crippen LogP contribution in [0.2, 0.25) is 0 Å². The van der Waals surface area contributed by atoms with Crippen molar-refractivity contribution in [3.05, 3.63) is 88.5 Å². The monoisotopic (exact) mass is 542 g/mol. The number of nitrogens with one attached hydrogen (secondary N) is 2. The van der Waals surface area contributed by atoms with Crippen molar-refractivity contribution in [2.24, 2.45) is 0 Å². The number of aromatic nitrogens is 2. The van der Waals surface area contributed by atoms with E-state index in [0.29, 0.717) is 42.0 Å². The number of benzene rings is 3. The van der Waals surface area contributed by atoms with E-state index in [1.54, 1.807) is 36.8 Å². The first-order chi connectivity index (χ1) is 19.4. The smallest absolute Gasteiger partial charge is 0.319 e. The molecule has 40 heavy (non-hydrogen) atoms. The van der Waals surface area contributed by atoms with Gasteiger partial charge in [0.05, 0.1) is 37.6 Å². The SMILES string of the molecule is CCCc1nc2ccc(NC(=O)NCCC(=O)OCC)cc2c(=O)n1Cc1ccc(-c2cccc(OC)c2)cc1. The van der Waals surface area contributed by atoms with Gasteiger partial charge in [-0.3, -0.25) is 14.2 Å². The third-order valence-corrected chi connectivity index (χ3v) is 6.38. The standard InChI is InChI=1S/C31H34N4O5/c1-4-7-28-34-27-15-14-24(33-31(38)32-17-16-29(36)40-5-2)19-26(27)30(37)35(28)20-21-10-12-22(13-11-21)23-8-6-9-25(18-23)39-3/h6,8-15,18-19H,4-5,7,16-17,20H2,1-3H3,(H2,32,33,38). The molecule has 0 bridgehead atoms. The minimum absolute atomic E-state index is 0.0777. The molecule has 1 aromatic heterocycles. The fraction of sp³-hybridized carbons (Fsp3) is 0.290. The van der Waals surface area contributed by atoms with Crippen LogP contribution in [0.4, 0.5) is 10.5 Å². The van der Waals surface area contributed by atoms with Crippen molar-refractivity contribution in [1.82, 2.24) is 14.9 Å². The lowest BCUT2D eigenvalue weighted by atomic mass is 10.0. The lowest BCUT2D eigenvalue weighted by Crippen LogP contribution is -2.31. The van der Waals surface area contributed by atoms with Crippen molar-refractivity contribution in [3.63, 3.8) is 0 Å². The van der Waals surface area contributed by atoms with E-state index in [-0.39, 0.29) is 24.5 Å². The van der Waals surface area contributed by atoms with Gasteiger partial charge in [0.1, 0.15) is 11.6 Å². The normalized spacial score (nSPS) is 10.8. The summed E-state index contributed by atoms with van der Waals surface area (Å²) in [5.41, 5.74) is 3.94. The van der Waals surface area contributed by atoms with E-state index >= 15 is 0 Å². The molecule has 0 saturated carbocycles. The summed E-state index contributed by atoms with van der Waals surface area (Å²) in [4.78, 5) is 42.2. The molecule has 0 unspecified atom stereocenters. The lowest BCUT2D eigenvalue weighted by Gasteiger charge is -2.15. The minimum atomic E-state index is -0.476. The van der Waals surface area contributed by atoms with Crippen molar-refractivity contribution in [2.45, 2.75) is 39.7 Å². The molecule has 3 aromatic carbocycles. The summed E-state index contributed by atoms with van der Waals surface area (Å²) in [6.07, 6.45) is 1.59. The molecule has 0 aliphatic heterocycles. The number of rotatable bonds is 11. The van der Waals surface area contributed by atoms with E-state index in [1.807, 2.05) is 48.5 Å². The number of nitrogens with zero attached hydrogens (tertiary/aromatic N) is 2. The van der Waals surface area contributed by atoms with Crippen LogP contribution in [0.1, 0.15) is 38.1 Å². The number of esters is 1. The maximum absolute atomic E-state index is 13.7. The Labute approximate surface area is 233 Å². The Bertz CT molecular complexity index is 1550. The van der Waals surface area contributed by atoms with Crippen LogP contribution in [0.5, 0.6) is 5.75 Å². The van der Waals surface area contributed by atoms with Crippen LogP contribution in [0.3, 0.4) is 0 Å². The fourth-order valence-electron chi connectivity index (χ4n) is 4.40. The highest BCUT2D eigenvalue weighted by atomic mass is 16.5. The number of aryl methyl sites for hydroxylation is 1. The summed E-state index contributed by atoms with van der Waals surface area (Å²) in [5, 5.41) is 5.75. The first-order valence-electron chi connectivity index (χ1n) is 13.4. The van der Waals surface area contributed by atoms with Gasteiger partial charge in [0.15, 0.2) is 0 Å². The Morgan fingerprint density at radius 2 is 1.77 bits per heavy atom. The van der Waals surface area contributed by atoms with E-state index < -0.39 is 6.03 Å². The average Bonchev–Trinajstić information content (AvgIpc) is 2.96. The molecule has 208 valence electrons. The van der Waals surface area contributed by atoms with Gasteiger partial charge in [-0.25, -0.2) is 9.78 Å². The van der Waals surface area contributed by atoms with Gasteiger partial charge in [0.25, 0.3) is 5.56 Å². The van der Waals surface area contributed by atoms with Crippen molar-refractivity contribution in [3.8, 4) is 16.9 Å². The zero-order valence-electron chi connectivity index (χ0n) is 23.0. The minimum Gasteiger partial charge on any atom is -0.497 e. The van der Waals surface area contributed by atoms with Gasteiger partial charge in [-0.05, 0) is 60.4 Å². The second-order valence-corrected chi connectivity index (χ2v) is 9.27. The summed E-state index contributed by atoms with van der Waals surface area (Å²) in [6, 6.07) is 20.6. The topological polar surface area (TPSA) is 112 Å². The molecule has 0 aliphatic rings. The van der Waals surface area contributed by atoms with Crippen LogP contribution in [0.15, 0.2) is 71.5 Å². The Kier molecular flexibility index (Phi) is 9.51. The molecule has 2 amide bonds. The van der Waals surface area contributed by atoms with Crippen molar-refractivity contribution in [2.75, 3.05) is 25.6 Å². The number of amides is 2. The van der Waals surface area contributed by atoms with Gasteiger partial charge in [0.2, 0.25) is 0 Å². The van der Waals surface area contributed by atoms with E-state index in [9.17, 15) is 14.4 Å². The van der Waals surface area contributed by atoms with Crippen LogP contribution >= 0.6 is 0 Å². The van der Waals surface area contributed by atoms with E-state index in [1.165, 1.54) is 0 Å². The summed E-state index contributed by atoms with van der Waals surface area (Å²) >= 11 is 0. The van der Waals surface area contributed by atoms with Gasteiger partial charge in [-0.1, -0.05) is 43.3 Å². The van der Waals surface area contributed by atoms with Crippen LogP contribution in [-0.4, -0.2) is 41.8 Å². The summed E-state index contributed by atoms with van der Waals surface area (Å²) in [5.74, 6) is 1.13. The highest BCUT2D eigenvalue weighted by molar-refractivity contribution is 5.92. The third-order valence-electron chi connectivity index (χ3n) is 6.38. The molecular weight excluding hydrogens is 508 g/mol. The van der Waals surface area contributed by atoms with Gasteiger partial charge in [-0.15, -0.1) is 0 Å². The lowest BCUT2D eigenvalue weighted by molar-refractivity contribution is -0.142. The molecule has 0 radical (unpaired) electrons. The molecule has 4 aromatic rings. The maximum atomic E-state index is 13.7. The van der Waals surface area contributed by atoms with Crippen molar-refractivity contribution >= 4 is 28.6 Å². The van der Waals surface area contributed by atoms with Crippen molar-refractivity contribution in [1.29, 1.82) is 0 Å². The first kappa shape index (κ1) is 28.4. The largest absolute Gasteiger partial charge is 0.497 e. The first-order valence-corrected chi connectivity index (χ1v) is 13.4. The van der Waals surface area contributed by atoms with Crippen LogP contribution in [-0.2, 0) is 22.5 Å². The van der Waals surface area contributed by atoms with E-state index in [4.69, 9.17) is 14.5 Å². The summed E-state index contributed by atoms with van der Waals surface area (Å²) in [6.45, 7) is 4.59. The summed E-state index contributed by atoms with van der Waals surface area (Å²) < 4.78 is 11.9. The van der Waals surface area contributed by atoms with E-state index in [2.05, 4.69) is 17.6 Å². The van der Waals surface area contributed by atoms with Crippen LogP contribution in [0, 0.1) is 0 Å². The second-order valence-electron chi connectivity index (χ2n) is 9.27. The number of hydrogen-bond donors (Lipinski definition) is 2. The second kappa shape index (κ2) is 13.4. The van der Waals surface area contributed by atoms with Gasteiger partial charge in [-0.2, -0.15) is 0 Å². The van der Waals surface area contributed by atoms with Crippen LogP contribution < -0.4 is 20.9 Å². The number of carbonyl (C=O) groups excluding carboxylic acids is 2. The molecule has 0 saturated heterocycles. The van der Waals surface area contributed by atoms with Crippen molar-refractivity contribution < 1.29 is 19.1 Å². The Morgan fingerprint density at radius 3 is 2.50 bits per heavy atom. The quantitative estimate of drug-likeness (QED) is 0.254. The number of ether oxygens (including phenoxy) is 2. The highest BCUT2D eigenvalue weighted by Crippen LogP contribution is 2.24. The number of methoxy groups -OCH3 is 1. The van der Waals surface area contributed by atoms with Gasteiger partial charge >= 0.3 is 12.0 Å². The molecule has 0 fully saturated rings. The number of anilines is 1. The Hall–Kier alpha value is -4.66. The maximum Gasteiger partial charge on any atom is 0.319 e. The fourth-order valence-corrected chi connectivity index (χ4v) is 4.40. The number of carbonyl (C=O) groups is 2. The molecule has 2 N–H and O–H groups in total. The molecule has 9 nitrogen and oxygen atoms in total. The van der Waals surface area contributed by atoms with Crippen LogP contribution in [0.25, 0.3) is 22.0 Å².